The van der Waals surface area contributed by atoms with Crippen LogP contribution in [0.1, 0.15) is 18.1 Å². The quantitative estimate of drug-likeness (QED) is 0.751. The highest BCUT2D eigenvalue weighted by molar-refractivity contribution is 8.11. The largest absolute Gasteiger partial charge is 0.422 e. The average Bonchev–Trinajstić information content (AvgIpc) is 2.68. The van der Waals surface area contributed by atoms with E-state index in [0.29, 0.717) is 5.76 Å². The number of thioether (sulfide) groups is 1. The fourth-order valence-electron chi connectivity index (χ4n) is 2.15. The van der Waals surface area contributed by atoms with Crippen LogP contribution in [-0.2, 0) is 9.53 Å². The molecule has 0 unspecified atom stereocenters. The maximum Gasteiger partial charge on any atom is 0.337 e. The van der Waals surface area contributed by atoms with Gasteiger partial charge in [-0.05, 0) is 12.5 Å². The highest BCUT2D eigenvalue weighted by Gasteiger charge is 2.19. The normalized spacial score (nSPS) is 15.3. The topological polar surface area (TPSA) is 26.3 Å². The molecule has 21 heavy (non-hydrogen) atoms. The standard InChI is InChI=1S/C18H14O2S/c1-13-18(15-10-6-3-7-11-15)20-17(19)12-16(21-13)14-8-4-2-5-9-14/h2-12H,1H3. The number of benzene rings is 2. The maximum absolute atomic E-state index is 12.0. The van der Waals surface area contributed by atoms with Gasteiger partial charge in [-0.3, -0.25) is 0 Å². The molecule has 3 heteroatoms. The van der Waals surface area contributed by atoms with Gasteiger partial charge in [-0.2, -0.15) is 0 Å². The minimum atomic E-state index is -0.336. The second-order valence-corrected chi connectivity index (χ2v) is 5.91. The fraction of sp³-hybridized carbons (Fsp3) is 0.0556. The summed E-state index contributed by atoms with van der Waals surface area (Å²) in [6, 6.07) is 19.6. The Hall–Kier alpha value is -2.26. The van der Waals surface area contributed by atoms with E-state index in [4.69, 9.17) is 4.74 Å². The molecule has 0 spiro atoms. The van der Waals surface area contributed by atoms with Crippen LogP contribution in [0.2, 0.25) is 0 Å². The van der Waals surface area contributed by atoms with E-state index in [1.807, 2.05) is 67.6 Å². The number of rotatable bonds is 2. The highest BCUT2D eigenvalue weighted by Crippen LogP contribution is 2.40. The third-order valence-electron chi connectivity index (χ3n) is 3.13. The minimum absolute atomic E-state index is 0.336. The Labute approximate surface area is 128 Å². The van der Waals surface area contributed by atoms with Crippen molar-refractivity contribution in [1.29, 1.82) is 0 Å². The van der Waals surface area contributed by atoms with Crippen LogP contribution in [-0.4, -0.2) is 5.97 Å². The van der Waals surface area contributed by atoms with Gasteiger partial charge in [0.05, 0.1) is 0 Å². The number of carbonyl (C=O) groups is 1. The SMILES string of the molecule is CC1=C(c2ccccc2)OC(=O)C=C(c2ccccc2)S1. The number of hydrogen-bond donors (Lipinski definition) is 0. The summed E-state index contributed by atoms with van der Waals surface area (Å²) in [5, 5.41) is 0. The fourth-order valence-corrected chi connectivity index (χ4v) is 3.14. The molecule has 2 nitrogen and oxygen atoms in total. The zero-order chi connectivity index (χ0) is 14.7. The van der Waals surface area contributed by atoms with Crippen LogP contribution < -0.4 is 0 Å². The van der Waals surface area contributed by atoms with Crippen LogP contribution in [0.15, 0.2) is 71.6 Å². The van der Waals surface area contributed by atoms with Crippen LogP contribution in [0.4, 0.5) is 0 Å². The second kappa shape index (κ2) is 6.02. The van der Waals surface area contributed by atoms with Crippen molar-refractivity contribution in [1.82, 2.24) is 0 Å². The van der Waals surface area contributed by atoms with Gasteiger partial charge in [0.2, 0.25) is 0 Å². The molecule has 2 aromatic carbocycles. The van der Waals surface area contributed by atoms with E-state index in [1.165, 1.54) is 0 Å². The molecule has 0 amide bonds. The maximum atomic E-state index is 12.0. The number of allylic oxidation sites excluding steroid dienone is 1. The van der Waals surface area contributed by atoms with Crippen molar-refractivity contribution in [2.24, 2.45) is 0 Å². The molecular weight excluding hydrogens is 280 g/mol. The van der Waals surface area contributed by atoms with Crippen LogP contribution in [0, 0.1) is 0 Å². The molecule has 0 aliphatic carbocycles. The first kappa shape index (κ1) is 13.7. The summed E-state index contributed by atoms with van der Waals surface area (Å²) in [5.41, 5.74) is 1.94. The van der Waals surface area contributed by atoms with E-state index in [9.17, 15) is 4.79 Å². The molecule has 0 fully saturated rings. The zero-order valence-electron chi connectivity index (χ0n) is 11.6. The Balaban J connectivity index is 2.00. The van der Waals surface area contributed by atoms with E-state index in [-0.39, 0.29) is 5.97 Å². The molecule has 3 rings (SSSR count). The third-order valence-corrected chi connectivity index (χ3v) is 4.19. The number of ether oxygens (including phenoxy) is 1. The molecule has 1 aliphatic rings. The molecular formula is C18H14O2S. The van der Waals surface area contributed by atoms with Crippen LogP contribution in [0.25, 0.3) is 10.7 Å². The van der Waals surface area contributed by atoms with E-state index < -0.39 is 0 Å². The average molecular weight is 294 g/mol. The Morgan fingerprint density at radius 3 is 2.05 bits per heavy atom. The number of hydrogen-bond acceptors (Lipinski definition) is 3. The first-order valence-corrected chi connectivity index (χ1v) is 7.49. The predicted molar refractivity (Wildman–Crippen MR) is 87.1 cm³/mol. The highest BCUT2D eigenvalue weighted by atomic mass is 32.2. The van der Waals surface area contributed by atoms with Gasteiger partial charge in [0.15, 0.2) is 0 Å². The molecule has 0 bridgehead atoms. The molecule has 0 radical (unpaired) electrons. The molecule has 0 saturated carbocycles. The van der Waals surface area contributed by atoms with Gasteiger partial charge >= 0.3 is 5.97 Å². The lowest BCUT2D eigenvalue weighted by Gasteiger charge is -2.09. The molecule has 0 saturated heterocycles. The van der Waals surface area contributed by atoms with E-state index in [1.54, 1.807) is 17.8 Å². The van der Waals surface area contributed by atoms with Gasteiger partial charge < -0.3 is 4.74 Å². The molecule has 2 aromatic rings. The van der Waals surface area contributed by atoms with E-state index >= 15 is 0 Å². The van der Waals surface area contributed by atoms with Gasteiger partial charge in [-0.25, -0.2) is 4.79 Å². The summed E-state index contributed by atoms with van der Waals surface area (Å²) in [6.07, 6.45) is 1.56. The van der Waals surface area contributed by atoms with Crippen molar-refractivity contribution in [2.75, 3.05) is 0 Å². The van der Waals surface area contributed by atoms with Gasteiger partial charge in [-0.15, -0.1) is 0 Å². The second-order valence-electron chi connectivity index (χ2n) is 4.65. The smallest absolute Gasteiger partial charge is 0.337 e. The van der Waals surface area contributed by atoms with Crippen LogP contribution in [0.5, 0.6) is 0 Å². The summed E-state index contributed by atoms with van der Waals surface area (Å²) in [6.45, 7) is 1.97. The molecule has 1 aliphatic heterocycles. The minimum Gasteiger partial charge on any atom is -0.422 e. The Bertz CT molecular complexity index is 715. The van der Waals surface area contributed by atoms with Gasteiger partial charge in [0.25, 0.3) is 0 Å². The molecule has 1 heterocycles. The summed E-state index contributed by atoms with van der Waals surface area (Å²) in [7, 11) is 0. The third kappa shape index (κ3) is 3.09. The van der Waals surface area contributed by atoms with Gasteiger partial charge in [0, 0.05) is 21.4 Å². The van der Waals surface area contributed by atoms with Crippen molar-refractivity contribution in [2.45, 2.75) is 6.92 Å². The van der Waals surface area contributed by atoms with Crippen molar-refractivity contribution < 1.29 is 9.53 Å². The Morgan fingerprint density at radius 2 is 1.43 bits per heavy atom. The van der Waals surface area contributed by atoms with Crippen molar-refractivity contribution in [3.63, 3.8) is 0 Å². The molecule has 104 valence electrons. The van der Waals surface area contributed by atoms with Crippen LogP contribution >= 0.6 is 11.8 Å². The van der Waals surface area contributed by atoms with Crippen molar-refractivity contribution in [3.05, 3.63) is 82.8 Å². The number of esters is 1. The summed E-state index contributed by atoms with van der Waals surface area (Å²) >= 11 is 1.56. The lowest BCUT2D eigenvalue weighted by atomic mass is 10.2. The predicted octanol–water partition coefficient (Wildman–Crippen LogP) is 4.71. The number of carbonyl (C=O) groups excluding carboxylic acids is 1. The first-order chi connectivity index (χ1) is 10.2. The summed E-state index contributed by atoms with van der Waals surface area (Å²) < 4.78 is 5.50. The van der Waals surface area contributed by atoms with E-state index in [0.717, 1.165) is 20.9 Å². The molecule has 0 aromatic heterocycles. The first-order valence-electron chi connectivity index (χ1n) is 6.67. The number of cyclic esters (lactones) is 1. The molecule has 0 N–H and O–H groups in total. The lowest BCUT2D eigenvalue weighted by Crippen LogP contribution is -2.00. The van der Waals surface area contributed by atoms with Gasteiger partial charge in [-0.1, -0.05) is 72.4 Å². The van der Waals surface area contributed by atoms with Crippen molar-refractivity contribution in [3.8, 4) is 0 Å². The summed E-state index contributed by atoms with van der Waals surface area (Å²) in [5.74, 6) is 0.296. The molecule has 0 atom stereocenters. The Kier molecular flexibility index (Phi) is 3.93. The zero-order valence-corrected chi connectivity index (χ0v) is 12.4. The summed E-state index contributed by atoms with van der Waals surface area (Å²) in [4.78, 5) is 13.9. The van der Waals surface area contributed by atoms with Crippen molar-refractivity contribution >= 4 is 28.4 Å². The van der Waals surface area contributed by atoms with E-state index in [2.05, 4.69) is 0 Å². The lowest BCUT2D eigenvalue weighted by molar-refractivity contribution is -0.131. The van der Waals surface area contributed by atoms with Gasteiger partial charge in [0.1, 0.15) is 5.76 Å². The Morgan fingerprint density at radius 1 is 0.857 bits per heavy atom. The monoisotopic (exact) mass is 294 g/mol. The van der Waals surface area contributed by atoms with Crippen LogP contribution in [0.3, 0.4) is 0 Å².